The molecule has 7 nitrogen and oxygen atoms in total. The fourth-order valence-corrected chi connectivity index (χ4v) is 4.90. The molecule has 3 aliphatic heterocycles. The first kappa shape index (κ1) is 21.8. The van der Waals surface area contributed by atoms with Crippen molar-refractivity contribution < 1.29 is 19.1 Å². The maximum absolute atomic E-state index is 13.1. The number of piperazine rings is 1. The molecule has 0 aromatic heterocycles. The van der Waals surface area contributed by atoms with Crippen molar-refractivity contribution in [2.45, 2.75) is 32.4 Å². The number of benzene rings is 2. The lowest BCUT2D eigenvalue weighted by Crippen LogP contribution is -2.48. The third-order valence-corrected chi connectivity index (χ3v) is 6.94. The lowest BCUT2D eigenvalue weighted by Gasteiger charge is -2.35. The molecule has 3 aliphatic rings. The minimum Gasteiger partial charge on any atom is -0.376 e. The lowest BCUT2D eigenvalue weighted by molar-refractivity contribution is 0.0475. The van der Waals surface area contributed by atoms with E-state index in [2.05, 4.69) is 30.0 Å². The largest absolute Gasteiger partial charge is 0.376 e. The second-order valence-electron chi connectivity index (χ2n) is 9.11. The van der Waals surface area contributed by atoms with Gasteiger partial charge in [0.15, 0.2) is 0 Å². The fourth-order valence-electron chi connectivity index (χ4n) is 4.90. The van der Waals surface area contributed by atoms with Gasteiger partial charge < -0.3 is 9.64 Å². The standard InChI is InChI=1S/C26H29N3O4/c1-18-5-2-3-6-20(18)16-27-10-12-28(13-11-27)24(30)19-8-9-22-23(15-19)26(32)29(25(22)31)17-21-7-4-14-33-21/h2-3,5-6,8-9,15,21H,4,7,10-14,16-17H2,1H3. The molecule has 2 fully saturated rings. The molecule has 0 bridgehead atoms. The summed E-state index contributed by atoms with van der Waals surface area (Å²) in [7, 11) is 0. The average Bonchev–Trinajstić information content (AvgIpc) is 3.43. The highest BCUT2D eigenvalue weighted by Crippen LogP contribution is 2.27. The molecule has 2 aromatic carbocycles. The van der Waals surface area contributed by atoms with Crippen molar-refractivity contribution in [2.24, 2.45) is 0 Å². The Balaban J connectivity index is 1.23. The predicted molar refractivity (Wildman–Crippen MR) is 123 cm³/mol. The van der Waals surface area contributed by atoms with Crippen LogP contribution in [0.3, 0.4) is 0 Å². The van der Waals surface area contributed by atoms with Gasteiger partial charge in [0.25, 0.3) is 17.7 Å². The molecule has 3 heterocycles. The Morgan fingerprint density at radius 3 is 2.48 bits per heavy atom. The molecule has 1 unspecified atom stereocenters. The summed E-state index contributed by atoms with van der Waals surface area (Å²) in [6, 6.07) is 13.3. The van der Waals surface area contributed by atoms with E-state index in [-0.39, 0.29) is 30.4 Å². The number of carbonyl (C=O) groups is 3. The molecule has 7 heteroatoms. The van der Waals surface area contributed by atoms with Gasteiger partial charge in [-0.2, -0.15) is 0 Å². The molecule has 3 amide bonds. The molecule has 0 saturated carbocycles. The number of rotatable bonds is 5. The van der Waals surface area contributed by atoms with Crippen LogP contribution in [0.2, 0.25) is 0 Å². The minimum atomic E-state index is -0.330. The summed E-state index contributed by atoms with van der Waals surface area (Å²) in [5.74, 6) is -0.719. The number of hydrogen-bond acceptors (Lipinski definition) is 5. The Morgan fingerprint density at radius 1 is 1.00 bits per heavy atom. The van der Waals surface area contributed by atoms with Crippen LogP contribution < -0.4 is 0 Å². The van der Waals surface area contributed by atoms with E-state index in [1.165, 1.54) is 16.0 Å². The summed E-state index contributed by atoms with van der Waals surface area (Å²) in [5.41, 5.74) is 3.74. The molecule has 0 N–H and O–H groups in total. The predicted octanol–water partition coefficient (Wildman–Crippen LogP) is 2.73. The van der Waals surface area contributed by atoms with Gasteiger partial charge in [0.05, 0.1) is 23.8 Å². The van der Waals surface area contributed by atoms with Gasteiger partial charge in [0.2, 0.25) is 0 Å². The van der Waals surface area contributed by atoms with Gasteiger partial charge in [-0.05, 0) is 49.1 Å². The smallest absolute Gasteiger partial charge is 0.261 e. The Labute approximate surface area is 193 Å². The minimum absolute atomic E-state index is 0.0915. The Hall–Kier alpha value is -3.03. The summed E-state index contributed by atoms with van der Waals surface area (Å²) in [5, 5.41) is 0. The highest BCUT2D eigenvalue weighted by Gasteiger charge is 2.38. The zero-order chi connectivity index (χ0) is 22.9. The summed E-state index contributed by atoms with van der Waals surface area (Å²) in [6.45, 7) is 6.83. The molecule has 5 rings (SSSR count). The van der Waals surface area contributed by atoms with E-state index >= 15 is 0 Å². The SMILES string of the molecule is Cc1ccccc1CN1CCN(C(=O)c2ccc3c(c2)C(=O)N(CC2CCCO2)C3=O)CC1. The van der Waals surface area contributed by atoms with Crippen molar-refractivity contribution in [3.05, 3.63) is 70.3 Å². The first-order valence-corrected chi connectivity index (χ1v) is 11.7. The number of hydrogen-bond donors (Lipinski definition) is 0. The molecular formula is C26H29N3O4. The van der Waals surface area contributed by atoms with Crippen LogP contribution in [0.5, 0.6) is 0 Å². The topological polar surface area (TPSA) is 70.2 Å². The van der Waals surface area contributed by atoms with E-state index in [0.29, 0.717) is 36.4 Å². The van der Waals surface area contributed by atoms with E-state index in [4.69, 9.17) is 4.74 Å². The quantitative estimate of drug-likeness (QED) is 0.660. The van der Waals surface area contributed by atoms with Gasteiger partial charge >= 0.3 is 0 Å². The summed E-state index contributed by atoms with van der Waals surface area (Å²) < 4.78 is 5.59. The molecule has 2 saturated heterocycles. The van der Waals surface area contributed by atoms with Crippen molar-refractivity contribution in [1.29, 1.82) is 0 Å². The zero-order valence-corrected chi connectivity index (χ0v) is 19.0. The van der Waals surface area contributed by atoms with Gasteiger partial charge in [-0.1, -0.05) is 24.3 Å². The molecule has 1 atom stereocenters. The van der Waals surface area contributed by atoms with Gasteiger partial charge in [-0.15, -0.1) is 0 Å². The van der Waals surface area contributed by atoms with Crippen molar-refractivity contribution in [3.63, 3.8) is 0 Å². The number of amides is 3. The summed E-state index contributed by atoms with van der Waals surface area (Å²) in [6.07, 6.45) is 1.71. The zero-order valence-electron chi connectivity index (χ0n) is 19.0. The van der Waals surface area contributed by atoms with E-state index in [1.54, 1.807) is 18.2 Å². The highest BCUT2D eigenvalue weighted by atomic mass is 16.5. The summed E-state index contributed by atoms with van der Waals surface area (Å²) in [4.78, 5) is 44.2. The molecule has 33 heavy (non-hydrogen) atoms. The highest BCUT2D eigenvalue weighted by molar-refractivity contribution is 6.22. The van der Waals surface area contributed by atoms with E-state index < -0.39 is 0 Å². The van der Waals surface area contributed by atoms with Crippen molar-refractivity contribution >= 4 is 17.7 Å². The van der Waals surface area contributed by atoms with E-state index in [9.17, 15) is 14.4 Å². The molecule has 0 radical (unpaired) electrons. The second kappa shape index (κ2) is 9.08. The van der Waals surface area contributed by atoms with E-state index in [1.807, 2.05) is 11.0 Å². The summed E-state index contributed by atoms with van der Waals surface area (Å²) >= 11 is 0. The third-order valence-electron chi connectivity index (χ3n) is 6.94. The number of carbonyl (C=O) groups excluding carboxylic acids is 3. The van der Waals surface area contributed by atoms with Crippen molar-refractivity contribution in [3.8, 4) is 0 Å². The Bertz CT molecular complexity index is 1080. The van der Waals surface area contributed by atoms with Crippen LogP contribution >= 0.6 is 0 Å². The number of ether oxygens (including phenoxy) is 1. The van der Waals surface area contributed by atoms with Gasteiger partial charge in [0, 0.05) is 44.9 Å². The fraction of sp³-hybridized carbons (Fsp3) is 0.423. The number of fused-ring (bicyclic) bond motifs is 1. The molecule has 0 spiro atoms. The van der Waals surface area contributed by atoms with Crippen LogP contribution in [0.15, 0.2) is 42.5 Å². The molecule has 172 valence electrons. The molecular weight excluding hydrogens is 418 g/mol. The van der Waals surface area contributed by atoms with Crippen LogP contribution in [-0.4, -0.2) is 77.9 Å². The maximum atomic E-state index is 13.1. The van der Waals surface area contributed by atoms with Crippen molar-refractivity contribution in [1.82, 2.24) is 14.7 Å². The average molecular weight is 448 g/mol. The van der Waals surface area contributed by atoms with Gasteiger partial charge in [-0.25, -0.2) is 0 Å². The second-order valence-corrected chi connectivity index (χ2v) is 9.11. The van der Waals surface area contributed by atoms with E-state index in [0.717, 1.165) is 32.5 Å². The normalized spacial score (nSPS) is 21.1. The number of nitrogens with zero attached hydrogens (tertiary/aromatic N) is 3. The Kier molecular flexibility index (Phi) is 6.00. The third kappa shape index (κ3) is 4.30. The number of imide groups is 1. The first-order chi connectivity index (χ1) is 16.0. The van der Waals surface area contributed by atoms with Crippen LogP contribution in [0.25, 0.3) is 0 Å². The monoisotopic (exact) mass is 447 g/mol. The maximum Gasteiger partial charge on any atom is 0.261 e. The van der Waals surface area contributed by atoms with Crippen molar-refractivity contribution in [2.75, 3.05) is 39.3 Å². The molecule has 2 aromatic rings. The van der Waals surface area contributed by atoms with Crippen LogP contribution in [-0.2, 0) is 11.3 Å². The van der Waals surface area contributed by atoms with Gasteiger partial charge in [-0.3, -0.25) is 24.2 Å². The molecule has 0 aliphatic carbocycles. The first-order valence-electron chi connectivity index (χ1n) is 11.7. The number of aryl methyl sites for hydroxylation is 1. The van der Waals surface area contributed by atoms with Crippen LogP contribution in [0.4, 0.5) is 0 Å². The Morgan fingerprint density at radius 2 is 1.76 bits per heavy atom. The van der Waals surface area contributed by atoms with Crippen LogP contribution in [0, 0.1) is 6.92 Å². The lowest BCUT2D eigenvalue weighted by atomic mass is 10.0. The van der Waals surface area contributed by atoms with Gasteiger partial charge in [0.1, 0.15) is 0 Å². The van der Waals surface area contributed by atoms with Crippen LogP contribution in [0.1, 0.15) is 55.0 Å².